The first-order valence-corrected chi connectivity index (χ1v) is 9.51. The fraction of sp³-hybridized carbons (Fsp3) is 0.143. The third-order valence-electron chi connectivity index (χ3n) is 3.30. The summed E-state index contributed by atoms with van der Waals surface area (Å²) in [6.45, 7) is 1.74. The van der Waals surface area contributed by atoms with Crippen molar-refractivity contribution in [2.45, 2.75) is 22.1 Å². The Hall–Kier alpha value is -2.50. The number of carbonyl (C=O) groups excluding carboxylic acids is 1. The van der Waals surface area contributed by atoms with Crippen LogP contribution in [-0.2, 0) is 14.8 Å². The first-order chi connectivity index (χ1) is 11.8. The van der Waals surface area contributed by atoms with Crippen molar-refractivity contribution in [3.63, 3.8) is 0 Å². The number of benzene rings is 1. The third kappa shape index (κ3) is 3.95. The van der Waals surface area contributed by atoms with Crippen LogP contribution in [0.4, 0.5) is 5.69 Å². The van der Waals surface area contributed by atoms with Crippen LogP contribution >= 0.6 is 11.8 Å². The number of nitrogens with two attached hydrogens (primary N) is 1. The Kier molecular flexibility index (Phi) is 4.70. The number of H-pyrrole nitrogens is 1. The molecule has 4 N–H and O–H groups in total. The largest absolute Gasteiger partial charge is 0.341 e. The fourth-order valence-electron chi connectivity index (χ4n) is 2.03. The Morgan fingerprint density at radius 3 is 2.64 bits per heavy atom. The zero-order valence-electron chi connectivity index (χ0n) is 13.0. The minimum atomic E-state index is -3.76. The zero-order chi connectivity index (χ0) is 18.0. The number of hydrogen-bond acceptors (Lipinski definition) is 7. The molecule has 25 heavy (non-hydrogen) atoms. The number of amides is 1. The first-order valence-electron chi connectivity index (χ1n) is 7.09. The average molecular weight is 378 g/mol. The lowest BCUT2D eigenvalue weighted by molar-refractivity contribution is -0.115. The Labute approximate surface area is 147 Å². The van der Waals surface area contributed by atoms with Crippen LogP contribution < -0.4 is 10.5 Å². The molecule has 0 spiro atoms. The Balaban J connectivity index is 1.69. The molecule has 2 heterocycles. The zero-order valence-corrected chi connectivity index (χ0v) is 14.6. The lowest BCUT2D eigenvalue weighted by atomic mass is 10.3. The molecule has 1 amide bonds. The molecule has 11 heteroatoms. The molecule has 0 saturated heterocycles. The van der Waals surface area contributed by atoms with E-state index in [-0.39, 0.29) is 10.8 Å². The summed E-state index contributed by atoms with van der Waals surface area (Å²) in [5.41, 5.74) is 1.67. The van der Waals surface area contributed by atoms with Crippen molar-refractivity contribution in [3.8, 4) is 0 Å². The number of nitrogens with one attached hydrogen (secondary N) is 2. The summed E-state index contributed by atoms with van der Waals surface area (Å²) in [6.07, 6.45) is 2.91. The van der Waals surface area contributed by atoms with E-state index >= 15 is 0 Å². The van der Waals surface area contributed by atoms with Crippen LogP contribution in [0, 0.1) is 0 Å². The van der Waals surface area contributed by atoms with E-state index in [0.717, 1.165) is 0 Å². The summed E-state index contributed by atoms with van der Waals surface area (Å²) in [6, 6.07) is 5.63. The van der Waals surface area contributed by atoms with Gasteiger partial charge in [-0.3, -0.25) is 4.79 Å². The maximum Gasteiger partial charge on any atom is 0.238 e. The smallest absolute Gasteiger partial charge is 0.238 e. The molecule has 0 aliphatic heterocycles. The molecule has 3 aromatic rings. The monoisotopic (exact) mass is 378 g/mol. The van der Waals surface area contributed by atoms with Crippen molar-refractivity contribution in [1.29, 1.82) is 0 Å². The van der Waals surface area contributed by atoms with Gasteiger partial charge in [0.2, 0.25) is 15.9 Å². The first kappa shape index (κ1) is 17.3. The predicted octanol–water partition coefficient (Wildman–Crippen LogP) is 1.12. The molecule has 130 valence electrons. The van der Waals surface area contributed by atoms with Gasteiger partial charge < -0.3 is 10.3 Å². The van der Waals surface area contributed by atoms with Crippen molar-refractivity contribution in [3.05, 3.63) is 36.9 Å². The van der Waals surface area contributed by atoms with Gasteiger partial charge in [0, 0.05) is 5.69 Å². The SMILES string of the molecule is C[C@H](Sc1ncnc2nc[nH]c12)C(=O)Nc1ccc(S(N)(=O)=O)cc1. The van der Waals surface area contributed by atoms with Crippen LogP contribution in [0.3, 0.4) is 0 Å². The van der Waals surface area contributed by atoms with E-state index in [2.05, 4.69) is 25.3 Å². The molecule has 1 atom stereocenters. The van der Waals surface area contributed by atoms with E-state index < -0.39 is 15.3 Å². The van der Waals surface area contributed by atoms with Crippen LogP contribution in [0.25, 0.3) is 11.2 Å². The topological polar surface area (TPSA) is 144 Å². The number of aromatic amines is 1. The van der Waals surface area contributed by atoms with E-state index in [0.29, 0.717) is 21.9 Å². The van der Waals surface area contributed by atoms with Crippen molar-refractivity contribution >= 4 is 44.5 Å². The second-order valence-electron chi connectivity index (χ2n) is 5.10. The quantitative estimate of drug-likeness (QED) is 0.446. The molecule has 0 aliphatic rings. The lowest BCUT2D eigenvalue weighted by Crippen LogP contribution is -2.22. The number of carbonyl (C=O) groups is 1. The molecule has 0 radical (unpaired) electrons. The molecule has 0 aliphatic carbocycles. The molecule has 0 unspecified atom stereocenters. The maximum absolute atomic E-state index is 12.3. The highest BCUT2D eigenvalue weighted by Crippen LogP contribution is 2.26. The maximum atomic E-state index is 12.3. The van der Waals surface area contributed by atoms with E-state index in [1.807, 2.05) is 0 Å². The number of anilines is 1. The van der Waals surface area contributed by atoms with Gasteiger partial charge in [-0.25, -0.2) is 28.5 Å². The number of hydrogen-bond donors (Lipinski definition) is 3. The second kappa shape index (κ2) is 6.78. The number of aromatic nitrogens is 4. The number of primary sulfonamides is 1. The van der Waals surface area contributed by atoms with Crippen molar-refractivity contribution < 1.29 is 13.2 Å². The summed E-state index contributed by atoms with van der Waals surface area (Å²) >= 11 is 1.26. The van der Waals surface area contributed by atoms with Gasteiger partial charge in [0.15, 0.2) is 5.65 Å². The van der Waals surface area contributed by atoms with Crippen LogP contribution in [0.2, 0.25) is 0 Å². The predicted molar refractivity (Wildman–Crippen MR) is 93.4 cm³/mol. The molecule has 9 nitrogen and oxygen atoms in total. The highest BCUT2D eigenvalue weighted by Gasteiger charge is 2.18. The van der Waals surface area contributed by atoms with Crippen LogP contribution in [0.15, 0.2) is 46.8 Å². The van der Waals surface area contributed by atoms with Gasteiger partial charge in [-0.05, 0) is 31.2 Å². The number of imidazole rings is 1. The summed E-state index contributed by atoms with van der Waals surface area (Å²) in [5, 5.41) is 7.93. The van der Waals surface area contributed by atoms with Crippen LogP contribution in [0.5, 0.6) is 0 Å². The van der Waals surface area contributed by atoms with Gasteiger partial charge in [0.05, 0.1) is 16.5 Å². The average Bonchev–Trinajstić information content (AvgIpc) is 3.04. The van der Waals surface area contributed by atoms with E-state index in [1.54, 1.807) is 6.92 Å². The van der Waals surface area contributed by atoms with E-state index in [9.17, 15) is 13.2 Å². The summed E-state index contributed by atoms with van der Waals surface area (Å²) in [7, 11) is -3.76. The number of nitrogens with zero attached hydrogens (tertiary/aromatic N) is 3. The Morgan fingerprint density at radius 2 is 1.96 bits per heavy atom. The van der Waals surface area contributed by atoms with Crippen LogP contribution in [0.1, 0.15) is 6.92 Å². The third-order valence-corrected chi connectivity index (χ3v) is 5.33. The van der Waals surface area contributed by atoms with Crippen LogP contribution in [-0.4, -0.2) is 39.5 Å². The number of thioether (sulfide) groups is 1. The van der Waals surface area contributed by atoms with Crippen molar-refractivity contribution in [2.75, 3.05) is 5.32 Å². The van der Waals surface area contributed by atoms with Gasteiger partial charge in [-0.2, -0.15) is 0 Å². The van der Waals surface area contributed by atoms with Gasteiger partial charge in [0.1, 0.15) is 16.9 Å². The summed E-state index contributed by atoms with van der Waals surface area (Å²) in [4.78, 5) is 27.5. The molecule has 2 aromatic heterocycles. The second-order valence-corrected chi connectivity index (χ2v) is 7.99. The van der Waals surface area contributed by atoms with Crippen molar-refractivity contribution in [1.82, 2.24) is 19.9 Å². The van der Waals surface area contributed by atoms with E-state index in [4.69, 9.17) is 5.14 Å². The fourth-order valence-corrected chi connectivity index (χ4v) is 3.42. The molecule has 0 bridgehead atoms. The molecule has 3 rings (SSSR count). The highest BCUT2D eigenvalue weighted by molar-refractivity contribution is 8.00. The highest BCUT2D eigenvalue weighted by atomic mass is 32.2. The number of sulfonamides is 1. The van der Waals surface area contributed by atoms with Gasteiger partial charge in [-0.1, -0.05) is 11.8 Å². The minimum absolute atomic E-state index is 0.0180. The molecule has 0 saturated carbocycles. The molecule has 1 aromatic carbocycles. The number of rotatable bonds is 5. The molecule has 0 fully saturated rings. The van der Waals surface area contributed by atoms with Gasteiger partial charge in [0.25, 0.3) is 0 Å². The summed E-state index contributed by atoms with van der Waals surface area (Å²) in [5.74, 6) is -0.250. The summed E-state index contributed by atoms with van der Waals surface area (Å²) < 4.78 is 22.5. The Bertz CT molecular complexity index is 1020. The molecular weight excluding hydrogens is 364 g/mol. The van der Waals surface area contributed by atoms with Gasteiger partial charge >= 0.3 is 0 Å². The lowest BCUT2D eigenvalue weighted by Gasteiger charge is -2.12. The van der Waals surface area contributed by atoms with E-state index in [1.165, 1.54) is 48.7 Å². The molecular formula is C14H14N6O3S2. The minimum Gasteiger partial charge on any atom is -0.341 e. The normalized spacial score (nSPS) is 12.9. The van der Waals surface area contributed by atoms with Crippen molar-refractivity contribution in [2.24, 2.45) is 5.14 Å². The van der Waals surface area contributed by atoms with Gasteiger partial charge in [-0.15, -0.1) is 0 Å². The number of fused-ring (bicyclic) bond motifs is 1. The standard InChI is InChI=1S/C14H14N6O3S2/c1-8(24-14-11-12(17-6-16-11)18-7-19-14)13(21)20-9-2-4-10(5-3-9)25(15,22)23/h2-8H,1H3,(H,20,21)(H2,15,22,23)(H,16,17,18,19)/t8-/m0/s1. The Morgan fingerprint density at radius 1 is 1.24 bits per heavy atom.